The number of phenolic OH excluding ortho intramolecular Hbond substituents is 1. The second kappa shape index (κ2) is 4.18. The topological polar surface area (TPSA) is 25.2 Å². The lowest BCUT2D eigenvalue weighted by Crippen LogP contribution is -1.97. The maximum Gasteiger partial charge on any atom is 0.123 e. The fourth-order valence-electron chi connectivity index (χ4n) is 2.11. The highest BCUT2D eigenvalue weighted by molar-refractivity contribution is 5.80. The van der Waals surface area contributed by atoms with Gasteiger partial charge in [-0.05, 0) is 42.0 Å². The first-order valence-corrected chi connectivity index (χ1v) is 5.75. The summed E-state index contributed by atoms with van der Waals surface area (Å²) in [7, 11) is 0. The van der Waals surface area contributed by atoms with Gasteiger partial charge in [0.25, 0.3) is 0 Å². The molecule has 0 unspecified atom stereocenters. The van der Waals surface area contributed by atoms with Gasteiger partial charge in [-0.15, -0.1) is 0 Å². The van der Waals surface area contributed by atoms with Crippen LogP contribution in [-0.2, 0) is 6.54 Å². The van der Waals surface area contributed by atoms with E-state index in [2.05, 4.69) is 4.57 Å². The van der Waals surface area contributed by atoms with Gasteiger partial charge in [0, 0.05) is 23.6 Å². The average molecular weight is 241 g/mol. The molecule has 0 atom stereocenters. The van der Waals surface area contributed by atoms with E-state index < -0.39 is 0 Å². The predicted molar refractivity (Wildman–Crippen MR) is 69.1 cm³/mol. The van der Waals surface area contributed by atoms with Crippen molar-refractivity contribution < 1.29 is 9.50 Å². The molecular formula is C15H12FNO. The Hall–Kier alpha value is -2.29. The minimum Gasteiger partial charge on any atom is -0.508 e. The van der Waals surface area contributed by atoms with Gasteiger partial charge in [-0.1, -0.05) is 12.1 Å². The summed E-state index contributed by atoms with van der Waals surface area (Å²) in [5.74, 6) is 0.0445. The molecule has 1 aromatic heterocycles. The normalized spacial score (nSPS) is 10.9. The quantitative estimate of drug-likeness (QED) is 0.729. The number of aromatic hydroxyl groups is 1. The number of halogens is 1. The lowest BCUT2D eigenvalue weighted by molar-refractivity contribution is 0.475. The van der Waals surface area contributed by atoms with E-state index in [-0.39, 0.29) is 11.6 Å². The summed E-state index contributed by atoms with van der Waals surface area (Å²) in [6.45, 7) is 0.704. The molecule has 0 aliphatic rings. The highest BCUT2D eigenvalue weighted by atomic mass is 19.1. The van der Waals surface area contributed by atoms with Gasteiger partial charge in [0.05, 0.1) is 0 Å². The van der Waals surface area contributed by atoms with Crippen LogP contribution in [0.3, 0.4) is 0 Å². The predicted octanol–water partition coefficient (Wildman–Crippen LogP) is 3.53. The van der Waals surface area contributed by atoms with E-state index in [1.165, 1.54) is 12.1 Å². The summed E-state index contributed by atoms with van der Waals surface area (Å²) < 4.78 is 15.1. The molecule has 18 heavy (non-hydrogen) atoms. The van der Waals surface area contributed by atoms with Crippen LogP contribution in [0.25, 0.3) is 10.9 Å². The first-order valence-electron chi connectivity index (χ1n) is 5.75. The highest BCUT2D eigenvalue weighted by Crippen LogP contribution is 2.19. The molecule has 1 N–H and O–H groups in total. The van der Waals surface area contributed by atoms with E-state index in [1.54, 1.807) is 18.2 Å². The number of aromatic nitrogens is 1. The number of hydrogen-bond acceptors (Lipinski definition) is 1. The van der Waals surface area contributed by atoms with E-state index in [9.17, 15) is 9.50 Å². The van der Waals surface area contributed by atoms with Crippen LogP contribution in [0.5, 0.6) is 5.75 Å². The molecule has 0 saturated heterocycles. The molecule has 3 rings (SSSR count). The Kier molecular flexibility index (Phi) is 2.52. The minimum atomic E-state index is -0.218. The molecule has 1 heterocycles. The SMILES string of the molecule is Oc1ccc(Cn2ccc3cc(F)ccc32)cc1. The van der Waals surface area contributed by atoms with Crippen LogP contribution in [0.4, 0.5) is 4.39 Å². The van der Waals surface area contributed by atoms with Crippen molar-refractivity contribution in [3.05, 3.63) is 66.1 Å². The van der Waals surface area contributed by atoms with Crippen molar-refractivity contribution in [2.75, 3.05) is 0 Å². The van der Waals surface area contributed by atoms with Crippen molar-refractivity contribution in [3.8, 4) is 5.75 Å². The number of phenols is 1. The van der Waals surface area contributed by atoms with Crippen LogP contribution in [0.15, 0.2) is 54.7 Å². The third-order valence-corrected chi connectivity index (χ3v) is 3.02. The molecule has 0 aliphatic heterocycles. The largest absolute Gasteiger partial charge is 0.508 e. The Bertz CT molecular complexity index is 685. The Morgan fingerprint density at radius 3 is 2.56 bits per heavy atom. The van der Waals surface area contributed by atoms with Gasteiger partial charge < -0.3 is 9.67 Å². The van der Waals surface area contributed by atoms with Gasteiger partial charge in [0.15, 0.2) is 0 Å². The smallest absolute Gasteiger partial charge is 0.123 e. The zero-order chi connectivity index (χ0) is 12.5. The lowest BCUT2D eigenvalue weighted by Gasteiger charge is -2.06. The van der Waals surface area contributed by atoms with Crippen LogP contribution in [-0.4, -0.2) is 9.67 Å². The van der Waals surface area contributed by atoms with Crippen molar-refractivity contribution in [3.63, 3.8) is 0 Å². The second-order valence-corrected chi connectivity index (χ2v) is 4.31. The van der Waals surface area contributed by atoms with Gasteiger partial charge >= 0.3 is 0 Å². The summed E-state index contributed by atoms with van der Waals surface area (Å²) >= 11 is 0. The Labute approximate surface area is 104 Å². The molecule has 0 radical (unpaired) electrons. The lowest BCUT2D eigenvalue weighted by atomic mass is 10.2. The van der Waals surface area contributed by atoms with Crippen molar-refractivity contribution in [1.29, 1.82) is 0 Å². The van der Waals surface area contributed by atoms with E-state index in [0.717, 1.165) is 16.5 Å². The van der Waals surface area contributed by atoms with E-state index in [4.69, 9.17) is 0 Å². The van der Waals surface area contributed by atoms with Crippen LogP contribution >= 0.6 is 0 Å². The molecule has 0 spiro atoms. The van der Waals surface area contributed by atoms with Crippen LogP contribution in [0.2, 0.25) is 0 Å². The fourth-order valence-corrected chi connectivity index (χ4v) is 2.11. The van der Waals surface area contributed by atoms with Gasteiger partial charge in [-0.3, -0.25) is 0 Å². The fraction of sp³-hybridized carbons (Fsp3) is 0.0667. The third-order valence-electron chi connectivity index (χ3n) is 3.02. The Balaban J connectivity index is 1.97. The monoisotopic (exact) mass is 241 g/mol. The standard InChI is InChI=1S/C15H12FNO/c16-13-3-6-15-12(9-13)7-8-17(15)10-11-1-4-14(18)5-2-11/h1-9,18H,10H2. The van der Waals surface area contributed by atoms with Crippen molar-refractivity contribution in [2.24, 2.45) is 0 Å². The van der Waals surface area contributed by atoms with Gasteiger partial charge in [0.2, 0.25) is 0 Å². The molecule has 0 aliphatic carbocycles. The van der Waals surface area contributed by atoms with Crippen molar-refractivity contribution in [2.45, 2.75) is 6.54 Å². The molecule has 2 aromatic carbocycles. The highest BCUT2D eigenvalue weighted by Gasteiger charge is 2.03. The number of fused-ring (bicyclic) bond motifs is 1. The molecule has 0 saturated carbocycles. The van der Waals surface area contributed by atoms with Crippen LogP contribution in [0, 0.1) is 5.82 Å². The summed E-state index contributed by atoms with van der Waals surface area (Å²) in [6, 6.07) is 13.8. The second-order valence-electron chi connectivity index (χ2n) is 4.31. The van der Waals surface area contributed by atoms with Crippen molar-refractivity contribution in [1.82, 2.24) is 4.57 Å². The Morgan fingerprint density at radius 1 is 1.00 bits per heavy atom. The summed E-state index contributed by atoms with van der Waals surface area (Å²) in [6.07, 6.45) is 1.94. The first kappa shape index (κ1) is 10.8. The van der Waals surface area contributed by atoms with E-state index in [1.807, 2.05) is 24.4 Å². The zero-order valence-corrected chi connectivity index (χ0v) is 9.68. The minimum absolute atomic E-state index is 0.218. The molecule has 90 valence electrons. The maximum absolute atomic E-state index is 13.1. The Morgan fingerprint density at radius 2 is 1.78 bits per heavy atom. The van der Waals surface area contributed by atoms with E-state index in [0.29, 0.717) is 6.54 Å². The van der Waals surface area contributed by atoms with Crippen LogP contribution < -0.4 is 0 Å². The van der Waals surface area contributed by atoms with E-state index >= 15 is 0 Å². The zero-order valence-electron chi connectivity index (χ0n) is 9.68. The summed E-state index contributed by atoms with van der Waals surface area (Å²) in [5, 5.41) is 10.1. The molecule has 0 bridgehead atoms. The number of nitrogens with zero attached hydrogens (tertiary/aromatic N) is 1. The van der Waals surface area contributed by atoms with Gasteiger partial charge in [0.1, 0.15) is 11.6 Å². The number of rotatable bonds is 2. The molecule has 0 amide bonds. The summed E-state index contributed by atoms with van der Waals surface area (Å²) in [4.78, 5) is 0. The van der Waals surface area contributed by atoms with Crippen LogP contribution in [0.1, 0.15) is 5.56 Å². The summed E-state index contributed by atoms with van der Waals surface area (Å²) in [5.41, 5.74) is 2.10. The van der Waals surface area contributed by atoms with Crippen molar-refractivity contribution >= 4 is 10.9 Å². The average Bonchev–Trinajstić information content (AvgIpc) is 2.74. The third kappa shape index (κ3) is 1.95. The molecule has 2 nitrogen and oxygen atoms in total. The molecule has 0 fully saturated rings. The van der Waals surface area contributed by atoms with Gasteiger partial charge in [-0.2, -0.15) is 0 Å². The first-order chi connectivity index (χ1) is 8.72. The van der Waals surface area contributed by atoms with Gasteiger partial charge in [-0.25, -0.2) is 4.39 Å². The number of hydrogen-bond donors (Lipinski definition) is 1. The molecular weight excluding hydrogens is 229 g/mol. The maximum atomic E-state index is 13.1. The molecule has 3 heteroatoms. The number of benzene rings is 2. The molecule has 3 aromatic rings.